The molecule has 98 valence electrons. The summed E-state index contributed by atoms with van der Waals surface area (Å²) < 4.78 is 13.1. The molecule has 0 N–H and O–H groups in total. The third-order valence-electron chi connectivity index (χ3n) is 3.11. The molecular formula is C14H18FNOS. The molecule has 1 fully saturated rings. The summed E-state index contributed by atoms with van der Waals surface area (Å²) in [6, 6.07) is 6.50. The molecule has 0 bridgehead atoms. The number of benzene rings is 1. The van der Waals surface area contributed by atoms with E-state index in [1.54, 1.807) is 17.8 Å². The number of halogens is 1. The highest BCUT2D eigenvalue weighted by Gasteiger charge is 2.30. The molecule has 1 saturated heterocycles. The van der Waals surface area contributed by atoms with E-state index >= 15 is 0 Å². The Morgan fingerprint density at radius 2 is 2.33 bits per heavy atom. The number of amides is 1. The van der Waals surface area contributed by atoms with Crippen LogP contribution in [0.1, 0.15) is 31.7 Å². The average Bonchev–Trinajstić information content (AvgIpc) is 2.69. The van der Waals surface area contributed by atoms with Crippen LogP contribution < -0.4 is 0 Å². The van der Waals surface area contributed by atoms with Crippen LogP contribution in [0, 0.1) is 5.82 Å². The minimum Gasteiger partial charge on any atom is -0.326 e. The summed E-state index contributed by atoms with van der Waals surface area (Å²) in [5.74, 6) is 0.492. The van der Waals surface area contributed by atoms with Gasteiger partial charge in [0.25, 0.3) is 0 Å². The molecule has 0 saturated carbocycles. The van der Waals surface area contributed by atoms with Gasteiger partial charge in [-0.1, -0.05) is 31.9 Å². The van der Waals surface area contributed by atoms with Crippen molar-refractivity contribution in [3.05, 3.63) is 35.6 Å². The van der Waals surface area contributed by atoms with Gasteiger partial charge in [-0.2, -0.15) is 0 Å². The number of carbonyl (C=O) groups excluding carboxylic acids is 1. The molecule has 1 atom stereocenters. The Morgan fingerprint density at radius 3 is 3.06 bits per heavy atom. The van der Waals surface area contributed by atoms with E-state index in [-0.39, 0.29) is 17.1 Å². The van der Waals surface area contributed by atoms with Crippen LogP contribution in [0.15, 0.2) is 24.3 Å². The topological polar surface area (TPSA) is 20.3 Å². The summed E-state index contributed by atoms with van der Waals surface area (Å²) in [4.78, 5) is 13.7. The largest absolute Gasteiger partial charge is 0.326 e. The van der Waals surface area contributed by atoms with Crippen LogP contribution in [-0.4, -0.2) is 21.9 Å². The molecule has 2 nitrogen and oxygen atoms in total. The third kappa shape index (κ3) is 3.25. The van der Waals surface area contributed by atoms with E-state index in [4.69, 9.17) is 0 Å². The number of nitrogens with zero attached hydrogens (tertiary/aromatic N) is 1. The Bertz CT molecular complexity index is 424. The van der Waals surface area contributed by atoms with E-state index in [0.29, 0.717) is 12.3 Å². The van der Waals surface area contributed by atoms with Gasteiger partial charge in [-0.15, -0.1) is 11.8 Å². The van der Waals surface area contributed by atoms with Crippen molar-refractivity contribution in [3.8, 4) is 0 Å². The van der Waals surface area contributed by atoms with Crippen LogP contribution in [0.25, 0.3) is 0 Å². The number of hydrogen-bond donors (Lipinski definition) is 0. The van der Waals surface area contributed by atoms with Crippen LogP contribution >= 0.6 is 11.8 Å². The first-order chi connectivity index (χ1) is 8.70. The Kier molecular flexibility index (Phi) is 4.64. The minimum atomic E-state index is -0.239. The second-order valence-corrected chi connectivity index (χ2v) is 5.73. The fourth-order valence-electron chi connectivity index (χ4n) is 2.14. The maximum absolute atomic E-state index is 13.1. The number of carbonyl (C=O) groups is 1. The van der Waals surface area contributed by atoms with Gasteiger partial charge in [0.1, 0.15) is 5.82 Å². The molecule has 1 unspecified atom stereocenters. The van der Waals surface area contributed by atoms with E-state index < -0.39 is 0 Å². The summed E-state index contributed by atoms with van der Waals surface area (Å²) in [5.41, 5.74) is 0.868. The highest BCUT2D eigenvalue weighted by molar-refractivity contribution is 8.00. The standard InChI is InChI=1S/C14H18FNOS/c1-2-3-7-14-16(13(17)10-18-14)9-11-5-4-6-12(15)8-11/h4-6,8,14H,2-3,7,9-10H2,1H3. The highest BCUT2D eigenvalue weighted by atomic mass is 32.2. The van der Waals surface area contributed by atoms with Crippen molar-refractivity contribution < 1.29 is 9.18 Å². The van der Waals surface area contributed by atoms with Crippen LogP contribution in [0.5, 0.6) is 0 Å². The zero-order valence-electron chi connectivity index (χ0n) is 10.6. The van der Waals surface area contributed by atoms with Gasteiger partial charge < -0.3 is 4.90 Å². The Hall–Kier alpha value is -1.03. The van der Waals surface area contributed by atoms with Crippen LogP contribution in [0.3, 0.4) is 0 Å². The van der Waals surface area contributed by atoms with Crippen molar-refractivity contribution in [2.24, 2.45) is 0 Å². The van der Waals surface area contributed by atoms with Crippen LogP contribution in [-0.2, 0) is 11.3 Å². The zero-order chi connectivity index (χ0) is 13.0. The lowest BCUT2D eigenvalue weighted by molar-refractivity contribution is -0.128. The first kappa shape index (κ1) is 13.4. The van der Waals surface area contributed by atoms with Gasteiger partial charge in [-0.3, -0.25) is 4.79 Å². The number of hydrogen-bond acceptors (Lipinski definition) is 2. The van der Waals surface area contributed by atoms with Crippen molar-refractivity contribution in [2.45, 2.75) is 38.1 Å². The summed E-state index contributed by atoms with van der Waals surface area (Å²) >= 11 is 1.70. The van der Waals surface area contributed by atoms with E-state index in [9.17, 15) is 9.18 Å². The predicted molar refractivity (Wildman–Crippen MR) is 72.7 cm³/mol. The average molecular weight is 267 g/mol. The molecule has 1 aliphatic heterocycles. The molecule has 0 radical (unpaired) electrons. The molecule has 1 amide bonds. The SMILES string of the molecule is CCCCC1SCC(=O)N1Cc1cccc(F)c1. The Balaban J connectivity index is 2.03. The molecule has 0 aromatic heterocycles. The van der Waals surface area contributed by atoms with Gasteiger partial charge in [-0.25, -0.2) is 4.39 Å². The van der Waals surface area contributed by atoms with E-state index in [0.717, 1.165) is 24.8 Å². The van der Waals surface area contributed by atoms with Gasteiger partial charge in [0.2, 0.25) is 5.91 Å². The molecular weight excluding hydrogens is 249 g/mol. The smallest absolute Gasteiger partial charge is 0.233 e. The fraction of sp³-hybridized carbons (Fsp3) is 0.500. The minimum absolute atomic E-state index is 0.172. The fourth-order valence-corrected chi connectivity index (χ4v) is 3.35. The summed E-state index contributed by atoms with van der Waals surface area (Å²) in [6.45, 7) is 2.68. The van der Waals surface area contributed by atoms with Crippen molar-refractivity contribution >= 4 is 17.7 Å². The number of unbranched alkanes of at least 4 members (excludes halogenated alkanes) is 1. The molecule has 1 heterocycles. The molecule has 4 heteroatoms. The molecule has 1 aliphatic rings. The van der Waals surface area contributed by atoms with Gasteiger partial charge in [0, 0.05) is 6.54 Å². The summed E-state index contributed by atoms with van der Waals surface area (Å²) in [5, 5.41) is 0.265. The third-order valence-corrected chi connectivity index (χ3v) is 4.40. The van der Waals surface area contributed by atoms with Crippen molar-refractivity contribution in [3.63, 3.8) is 0 Å². The number of rotatable bonds is 5. The highest BCUT2D eigenvalue weighted by Crippen LogP contribution is 2.30. The lowest BCUT2D eigenvalue weighted by Crippen LogP contribution is -2.32. The summed E-state index contributed by atoms with van der Waals surface area (Å²) in [7, 11) is 0. The second kappa shape index (κ2) is 6.23. The second-order valence-electron chi connectivity index (χ2n) is 4.56. The quantitative estimate of drug-likeness (QED) is 0.814. The lowest BCUT2D eigenvalue weighted by Gasteiger charge is -2.23. The molecule has 18 heavy (non-hydrogen) atoms. The molecule has 0 aliphatic carbocycles. The first-order valence-corrected chi connectivity index (χ1v) is 7.41. The molecule has 2 rings (SSSR count). The lowest BCUT2D eigenvalue weighted by atomic mass is 10.2. The van der Waals surface area contributed by atoms with E-state index in [2.05, 4.69) is 6.92 Å². The van der Waals surface area contributed by atoms with Gasteiger partial charge >= 0.3 is 0 Å². The van der Waals surface area contributed by atoms with Gasteiger partial charge in [0.15, 0.2) is 0 Å². The molecule has 1 aromatic rings. The Morgan fingerprint density at radius 1 is 1.50 bits per heavy atom. The summed E-state index contributed by atoms with van der Waals surface area (Å²) in [6.07, 6.45) is 3.30. The van der Waals surface area contributed by atoms with Gasteiger partial charge in [0.05, 0.1) is 11.1 Å². The molecule has 0 spiro atoms. The maximum Gasteiger partial charge on any atom is 0.233 e. The van der Waals surface area contributed by atoms with Crippen LogP contribution in [0.4, 0.5) is 4.39 Å². The van der Waals surface area contributed by atoms with Crippen molar-refractivity contribution in [1.82, 2.24) is 4.90 Å². The number of thioether (sulfide) groups is 1. The van der Waals surface area contributed by atoms with E-state index in [1.807, 2.05) is 11.0 Å². The first-order valence-electron chi connectivity index (χ1n) is 6.36. The normalized spacial score (nSPS) is 19.6. The zero-order valence-corrected chi connectivity index (χ0v) is 11.4. The predicted octanol–water partition coefficient (Wildman–Crippen LogP) is 3.42. The van der Waals surface area contributed by atoms with Crippen LogP contribution in [0.2, 0.25) is 0 Å². The Labute approximate surface area is 112 Å². The van der Waals surface area contributed by atoms with E-state index in [1.165, 1.54) is 12.1 Å². The molecule has 1 aromatic carbocycles. The van der Waals surface area contributed by atoms with Crippen molar-refractivity contribution in [1.29, 1.82) is 0 Å². The maximum atomic E-state index is 13.1. The van der Waals surface area contributed by atoms with Gasteiger partial charge in [-0.05, 0) is 24.1 Å². The van der Waals surface area contributed by atoms with Crippen molar-refractivity contribution in [2.75, 3.05) is 5.75 Å². The monoisotopic (exact) mass is 267 g/mol.